The molecule has 4 rings (SSSR count). The lowest BCUT2D eigenvalue weighted by molar-refractivity contribution is -1.04. The van der Waals surface area contributed by atoms with Crippen LogP contribution in [0.15, 0.2) is 43.1 Å². The molecule has 1 unspecified atom stereocenters. The van der Waals surface area contributed by atoms with Crippen molar-refractivity contribution in [3.8, 4) is 0 Å². The Morgan fingerprint density at radius 1 is 1.16 bits per heavy atom. The van der Waals surface area contributed by atoms with Crippen LogP contribution < -0.4 is 0 Å². The predicted octanol–water partition coefficient (Wildman–Crippen LogP) is 3.12. The predicted molar refractivity (Wildman–Crippen MR) is 79.6 cm³/mol. The van der Waals surface area contributed by atoms with Crippen LogP contribution in [0, 0.1) is 0 Å². The standard InChI is InChI=1S/C15H20Cl2N2/c1-2-18-8-10-19(17,11-9-18)15(16,13-18)12-14-6-4-3-5-7-14/h2-7H,1,8-13H2/q+2. The van der Waals surface area contributed by atoms with Crippen molar-refractivity contribution in [2.45, 2.75) is 11.4 Å². The van der Waals surface area contributed by atoms with Gasteiger partial charge in [0.25, 0.3) is 0 Å². The van der Waals surface area contributed by atoms with E-state index in [0.717, 1.165) is 43.6 Å². The minimum absolute atomic E-state index is 0.423. The number of fused-ring (bicyclic) bond motifs is 3. The van der Waals surface area contributed by atoms with E-state index in [4.69, 9.17) is 23.4 Å². The van der Waals surface area contributed by atoms with Crippen molar-refractivity contribution in [1.82, 2.24) is 0 Å². The molecule has 3 aliphatic rings. The normalized spacial score (nSPS) is 41.2. The second-order valence-electron chi connectivity index (χ2n) is 5.90. The van der Waals surface area contributed by atoms with Crippen molar-refractivity contribution in [2.24, 2.45) is 0 Å². The zero-order valence-corrected chi connectivity index (χ0v) is 12.6. The van der Waals surface area contributed by atoms with Gasteiger partial charge in [-0.1, -0.05) is 30.3 Å². The highest BCUT2D eigenvalue weighted by Gasteiger charge is 2.64. The first-order chi connectivity index (χ1) is 9.01. The summed E-state index contributed by atoms with van der Waals surface area (Å²) in [6.07, 6.45) is 2.87. The Balaban J connectivity index is 1.92. The molecule has 2 nitrogen and oxygen atoms in total. The minimum atomic E-state index is -0.423. The molecule has 19 heavy (non-hydrogen) atoms. The van der Waals surface area contributed by atoms with Crippen molar-refractivity contribution in [1.29, 1.82) is 0 Å². The largest absolute Gasteiger partial charge is 0.282 e. The quantitative estimate of drug-likeness (QED) is 0.348. The maximum absolute atomic E-state index is 6.99. The van der Waals surface area contributed by atoms with Crippen LogP contribution >= 0.6 is 23.4 Å². The van der Waals surface area contributed by atoms with Crippen LogP contribution in [0.2, 0.25) is 0 Å². The molecule has 1 atom stereocenters. The molecular formula is C15H20Cl2N2+2. The highest BCUT2D eigenvalue weighted by Crippen LogP contribution is 2.45. The van der Waals surface area contributed by atoms with Crippen molar-refractivity contribution < 1.29 is 8.49 Å². The summed E-state index contributed by atoms with van der Waals surface area (Å²) in [4.78, 5) is -0.423. The highest BCUT2D eigenvalue weighted by molar-refractivity contribution is 6.25. The van der Waals surface area contributed by atoms with Gasteiger partial charge in [0.2, 0.25) is 5.00 Å². The van der Waals surface area contributed by atoms with Crippen molar-refractivity contribution in [2.75, 3.05) is 32.7 Å². The zero-order chi connectivity index (χ0) is 13.6. The van der Waals surface area contributed by atoms with E-state index in [1.807, 2.05) is 6.07 Å². The van der Waals surface area contributed by atoms with Gasteiger partial charge in [0.05, 0.1) is 12.6 Å². The van der Waals surface area contributed by atoms with Gasteiger partial charge in [-0.05, 0) is 23.7 Å². The maximum Gasteiger partial charge on any atom is 0.244 e. The Morgan fingerprint density at radius 2 is 1.79 bits per heavy atom. The monoisotopic (exact) mass is 298 g/mol. The first-order valence-electron chi connectivity index (χ1n) is 6.80. The molecule has 2 bridgehead atoms. The molecule has 0 radical (unpaired) electrons. The maximum atomic E-state index is 6.99. The number of alkyl halides is 1. The third-order valence-corrected chi connectivity index (χ3v) is 6.10. The van der Waals surface area contributed by atoms with E-state index in [0.29, 0.717) is 4.00 Å². The zero-order valence-electron chi connectivity index (χ0n) is 11.1. The number of halogens is 2. The third-order valence-electron chi connectivity index (χ3n) is 4.78. The van der Waals surface area contributed by atoms with Gasteiger partial charge < -0.3 is 0 Å². The van der Waals surface area contributed by atoms with E-state index in [1.54, 1.807) is 0 Å². The number of quaternary nitrogens is 2. The first-order valence-corrected chi connectivity index (χ1v) is 7.52. The Hall–Kier alpha value is -0.540. The fraction of sp³-hybridized carbons (Fsp3) is 0.467. The fourth-order valence-electron chi connectivity index (χ4n) is 3.46. The van der Waals surface area contributed by atoms with Gasteiger partial charge in [-0.2, -0.15) is 4.00 Å². The molecule has 3 fully saturated rings. The van der Waals surface area contributed by atoms with E-state index in [2.05, 4.69) is 37.0 Å². The van der Waals surface area contributed by atoms with Gasteiger partial charge in [-0.25, -0.2) is 0 Å². The number of nitrogens with zero attached hydrogens (tertiary/aromatic N) is 2. The van der Waals surface area contributed by atoms with Crippen LogP contribution in [0.4, 0.5) is 0 Å². The molecule has 4 heteroatoms. The second-order valence-corrected chi connectivity index (χ2v) is 7.25. The molecule has 0 aromatic heterocycles. The van der Waals surface area contributed by atoms with Gasteiger partial charge in [-0.3, -0.25) is 4.48 Å². The molecule has 3 heterocycles. The van der Waals surface area contributed by atoms with Crippen molar-refractivity contribution in [3.63, 3.8) is 0 Å². The molecule has 3 aliphatic heterocycles. The molecule has 0 amide bonds. The first kappa shape index (κ1) is 13.4. The number of hydrogen-bond acceptors (Lipinski definition) is 0. The number of piperazine rings is 3. The summed E-state index contributed by atoms with van der Waals surface area (Å²) in [5.41, 5.74) is 1.26. The van der Waals surface area contributed by atoms with Gasteiger partial charge in [0.15, 0.2) is 18.3 Å². The summed E-state index contributed by atoms with van der Waals surface area (Å²) in [6.45, 7) is 8.83. The Kier molecular flexibility index (Phi) is 3.18. The van der Waals surface area contributed by atoms with Gasteiger partial charge in [-0.15, -0.1) is 0 Å². The van der Waals surface area contributed by atoms with E-state index < -0.39 is 5.00 Å². The van der Waals surface area contributed by atoms with Gasteiger partial charge >= 0.3 is 0 Å². The van der Waals surface area contributed by atoms with Crippen molar-refractivity contribution in [3.05, 3.63) is 48.7 Å². The van der Waals surface area contributed by atoms with E-state index in [9.17, 15) is 0 Å². The molecule has 0 N–H and O–H groups in total. The molecule has 1 aromatic rings. The van der Waals surface area contributed by atoms with Gasteiger partial charge in [0.1, 0.15) is 26.2 Å². The number of rotatable bonds is 3. The molecule has 3 saturated heterocycles. The smallest absolute Gasteiger partial charge is 0.244 e. The lowest BCUT2D eigenvalue weighted by atomic mass is 9.96. The van der Waals surface area contributed by atoms with Crippen LogP contribution in [0.25, 0.3) is 0 Å². The summed E-state index contributed by atoms with van der Waals surface area (Å²) < 4.78 is 1.38. The average molecular weight is 299 g/mol. The third kappa shape index (κ3) is 2.11. The molecule has 0 saturated carbocycles. The van der Waals surface area contributed by atoms with Crippen LogP contribution in [0.1, 0.15) is 5.56 Å². The highest BCUT2D eigenvalue weighted by atomic mass is 35.5. The molecule has 0 spiro atoms. The second kappa shape index (κ2) is 4.49. The van der Waals surface area contributed by atoms with Crippen molar-refractivity contribution >= 4 is 23.4 Å². The Bertz CT molecular complexity index is 480. The summed E-state index contributed by atoms with van der Waals surface area (Å²) in [7, 11) is 0. The Labute approximate surface area is 125 Å². The SMILES string of the molecule is C=C[N+]12CC[N+](Cl)(CC1)C(Cl)(Cc1ccccc1)C2. The summed E-state index contributed by atoms with van der Waals surface area (Å²) >= 11 is 13.8. The average Bonchev–Trinajstić information content (AvgIpc) is 2.42. The topological polar surface area (TPSA) is 0 Å². The summed E-state index contributed by atoms with van der Waals surface area (Å²) in [5.74, 6) is 0. The summed E-state index contributed by atoms with van der Waals surface area (Å²) in [5, 5.41) is 0. The van der Waals surface area contributed by atoms with Crippen LogP contribution in [-0.4, -0.2) is 46.2 Å². The minimum Gasteiger partial charge on any atom is -0.282 e. The number of hydrogen-bond donors (Lipinski definition) is 0. The molecular weight excluding hydrogens is 279 g/mol. The van der Waals surface area contributed by atoms with E-state index in [-0.39, 0.29) is 0 Å². The lowest BCUT2D eigenvalue weighted by Crippen LogP contribution is -2.78. The lowest BCUT2D eigenvalue weighted by Gasteiger charge is -2.57. The fourth-order valence-corrected chi connectivity index (χ4v) is 4.29. The molecule has 1 aromatic carbocycles. The Morgan fingerprint density at radius 3 is 2.37 bits per heavy atom. The van der Waals surface area contributed by atoms with Crippen LogP contribution in [0.3, 0.4) is 0 Å². The summed E-state index contributed by atoms with van der Waals surface area (Å²) in [6, 6.07) is 10.4. The molecule has 0 aliphatic carbocycles. The van der Waals surface area contributed by atoms with Crippen LogP contribution in [0.5, 0.6) is 0 Å². The molecule has 102 valence electrons. The van der Waals surface area contributed by atoms with E-state index >= 15 is 0 Å². The van der Waals surface area contributed by atoms with Gasteiger partial charge in [0, 0.05) is 0 Å². The number of benzene rings is 1. The van der Waals surface area contributed by atoms with E-state index in [1.165, 1.54) is 5.56 Å². The van der Waals surface area contributed by atoms with Crippen LogP contribution in [-0.2, 0) is 6.42 Å².